The number of hydrogen-bond acceptors (Lipinski definition) is 6. The largest absolute Gasteiger partial charge is 0.504 e. The van der Waals surface area contributed by atoms with E-state index >= 15 is 0 Å². The first-order valence-corrected chi connectivity index (χ1v) is 8.44. The molecule has 0 amide bonds. The molecule has 2 aromatic rings. The molecule has 0 aliphatic carbocycles. The van der Waals surface area contributed by atoms with Crippen LogP contribution in [0.1, 0.15) is 5.56 Å². The summed E-state index contributed by atoms with van der Waals surface area (Å²) in [5.41, 5.74) is 0.962. The SMILES string of the molecule is Cc1ccc(S(=O)(=O)OC[C@@H]2COc3c(O)cccc3O2)cc1. The lowest BCUT2D eigenvalue weighted by molar-refractivity contribution is 0.0534. The van der Waals surface area contributed by atoms with E-state index in [0.717, 1.165) is 5.56 Å². The molecule has 122 valence electrons. The molecule has 7 heteroatoms. The Hall–Kier alpha value is -2.25. The van der Waals surface area contributed by atoms with Crippen molar-refractivity contribution in [2.75, 3.05) is 13.2 Å². The molecule has 6 nitrogen and oxygen atoms in total. The van der Waals surface area contributed by atoms with Gasteiger partial charge in [-0.2, -0.15) is 8.42 Å². The van der Waals surface area contributed by atoms with E-state index in [4.69, 9.17) is 13.7 Å². The lowest BCUT2D eigenvalue weighted by Crippen LogP contribution is -2.34. The highest BCUT2D eigenvalue weighted by Gasteiger charge is 2.26. The highest BCUT2D eigenvalue weighted by molar-refractivity contribution is 7.86. The standard InChI is InChI=1S/C16H16O6S/c1-11-5-7-13(8-6-11)23(18,19)21-10-12-9-20-16-14(17)3-2-4-15(16)22-12/h2-8,12,17H,9-10H2,1H3/t12-/m0/s1. The minimum atomic E-state index is -3.85. The van der Waals surface area contributed by atoms with E-state index in [1.54, 1.807) is 24.3 Å². The highest BCUT2D eigenvalue weighted by Crippen LogP contribution is 2.39. The molecule has 0 fully saturated rings. The van der Waals surface area contributed by atoms with Gasteiger partial charge in [0.2, 0.25) is 5.75 Å². The van der Waals surface area contributed by atoms with Gasteiger partial charge in [0.15, 0.2) is 17.6 Å². The third kappa shape index (κ3) is 3.40. The Kier molecular flexibility index (Phi) is 4.14. The highest BCUT2D eigenvalue weighted by atomic mass is 32.2. The van der Waals surface area contributed by atoms with E-state index in [1.165, 1.54) is 18.2 Å². The maximum absolute atomic E-state index is 12.1. The molecule has 0 unspecified atom stereocenters. The van der Waals surface area contributed by atoms with Crippen LogP contribution in [-0.2, 0) is 14.3 Å². The molecule has 1 aliphatic heterocycles. The fourth-order valence-corrected chi connectivity index (χ4v) is 3.09. The minimum absolute atomic E-state index is 0.0193. The number of phenolic OH excluding ortho intramolecular Hbond substituents is 1. The topological polar surface area (TPSA) is 82.1 Å². The van der Waals surface area contributed by atoms with Crippen molar-refractivity contribution >= 4 is 10.1 Å². The van der Waals surface area contributed by atoms with Gasteiger partial charge in [0, 0.05) is 0 Å². The molecule has 0 radical (unpaired) electrons. The lowest BCUT2D eigenvalue weighted by Gasteiger charge is -2.26. The van der Waals surface area contributed by atoms with Crippen molar-refractivity contribution in [2.24, 2.45) is 0 Å². The Balaban J connectivity index is 1.66. The summed E-state index contributed by atoms with van der Waals surface area (Å²) < 4.78 is 40.3. The van der Waals surface area contributed by atoms with Crippen molar-refractivity contribution in [1.29, 1.82) is 0 Å². The molecule has 1 atom stereocenters. The molecule has 23 heavy (non-hydrogen) atoms. The van der Waals surface area contributed by atoms with Crippen LogP contribution in [0.25, 0.3) is 0 Å². The number of phenols is 1. The van der Waals surface area contributed by atoms with Crippen molar-refractivity contribution in [3.63, 3.8) is 0 Å². The maximum Gasteiger partial charge on any atom is 0.297 e. The molecule has 0 spiro atoms. The molecular formula is C16H16O6S. The zero-order chi connectivity index (χ0) is 16.4. The van der Waals surface area contributed by atoms with Gasteiger partial charge in [-0.25, -0.2) is 0 Å². The molecule has 2 aromatic carbocycles. The number of aryl methyl sites for hydroxylation is 1. The predicted octanol–water partition coefficient (Wildman–Crippen LogP) is 2.25. The second kappa shape index (κ2) is 6.10. The van der Waals surface area contributed by atoms with Crippen molar-refractivity contribution in [3.05, 3.63) is 48.0 Å². The predicted molar refractivity (Wildman–Crippen MR) is 82.3 cm³/mol. The van der Waals surface area contributed by atoms with Crippen LogP contribution < -0.4 is 9.47 Å². The summed E-state index contributed by atoms with van der Waals surface area (Å²) >= 11 is 0. The van der Waals surface area contributed by atoms with E-state index in [1.807, 2.05) is 6.92 Å². The van der Waals surface area contributed by atoms with Crippen LogP contribution in [0.4, 0.5) is 0 Å². The molecule has 0 saturated carbocycles. The Morgan fingerprint density at radius 1 is 1.22 bits per heavy atom. The summed E-state index contributed by atoms with van der Waals surface area (Å²) in [5.74, 6) is 0.594. The average molecular weight is 336 g/mol. The Morgan fingerprint density at radius 2 is 1.96 bits per heavy atom. The van der Waals surface area contributed by atoms with Crippen molar-refractivity contribution in [1.82, 2.24) is 0 Å². The first-order chi connectivity index (χ1) is 11.0. The van der Waals surface area contributed by atoms with Crippen LogP contribution in [0.15, 0.2) is 47.4 Å². The quantitative estimate of drug-likeness (QED) is 0.863. The number of rotatable bonds is 4. The van der Waals surface area contributed by atoms with E-state index in [0.29, 0.717) is 5.75 Å². The number of hydrogen-bond donors (Lipinski definition) is 1. The number of benzene rings is 2. The summed E-state index contributed by atoms with van der Waals surface area (Å²) in [6.07, 6.45) is -0.579. The Bertz CT molecular complexity index is 798. The zero-order valence-corrected chi connectivity index (χ0v) is 13.2. The van der Waals surface area contributed by atoms with Gasteiger partial charge >= 0.3 is 0 Å². The van der Waals surface area contributed by atoms with Crippen LogP contribution in [0.2, 0.25) is 0 Å². The van der Waals surface area contributed by atoms with Crippen LogP contribution in [-0.4, -0.2) is 32.8 Å². The summed E-state index contributed by atoms with van der Waals surface area (Å²) in [6.45, 7) is 1.79. The fraction of sp³-hybridized carbons (Fsp3) is 0.250. The minimum Gasteiger partial charge on any atom is -0.504 e. The number of para-hydroxylation sites is 1. The lowest BCUT2D eigenvalue weighted by atomic mass is 10.2. The molecule has 1 heterocycles. The van der Waals surface area contributed by atoms with Gasteiger partial charge in [-0.05, 0) is 31.2 Å². The van der Waals surface area contributed by atoms with E-state index in [-0.39, 0.29) is 29.6 Å². The van der Waals surface area contributed by atoms with Gasteiger partial charge in [-0.15, -0.1) is 0 Å². The summed E-state index contributed by atoms with van der Waals surface area (Å²) in [5, 5.41) is 9.64. The Morgan fingerprint density at radius 3 is 2.70 bits per heavy atom. The second-order valence-corrected chi connectivity index (χ2v) is 6.82. The average Bonchev–Trinajstić information content (AvgIpc) is 2.54. The smallest absolute Gasteiger partial charge is 0.297 e. The van der Waals surface area contributed by atoms with E-state index < -0.39 is 16.2 Å². The van der Waals surface area contributed by atoms with E-state index in [9.17, 15) is 13.5 Å². The molecule has 0 aromatic heterocycles. The number of aromatic hydroxyl groups is 1. The van der Waals surface area contributed by atoms with Crippen molar-refractivity contribution < 1.29 is 27.2 Å². The van der Waals surface area contributed by atoms with Gasteiger partial charge < -0.3 is 14.6 Å². The summed E-state index contributed by atoms with van der Waals surface area (Å²) in [6, 6.07) is 11.1. The zero-order valence-electron chi connectivity index (χ0n) is 12.4. The monoisotopic (exact) mass is 336 g/mol. The summed E-state index contributed by atoms with van der Waals surface area (Å²) in [7, 11) is -3.85. The van der Waals surface area contributed by atoms with Gasteiger partial charge in [-0.1, -0.05) is 23.8 Å². The molecule has 0 bridgehead atoms. The van der Waals surface area contributed by atoms with Crippen molar-refractivity contribution in [3.8, 4) is 17.2 Å². The normalized spacial score (nSPS) is 17.0. The van der Waals surface area contributed by atoms with Crippen LogP contribution in [0.5, 0.6) is 17.2 Å². The van der Waals surface area contributed by atoms with Crippen LogP contribution >= 0.6 is 0 Å². The molecule has 1 N–H and O–H groups in total. The van der Waals surface area contributed by atoms with Crippen molar-refractivity contribution in [2.45, 2.75) is 17.9 Å². The third-order valence-corrected chi connectivity index (χ3v) is 4.68. The molecule has 1 aliphatic rings. The van der Waals surface area contributed by atoms with Crippen LogP contribution in [0.3, 0.4) is 0 Å². The summed E-state index contributed by atoms with van der Waals surface area (Å²) in [4.78, 5) is 0.0953. The maximum atomic E-state index is 12.1. The molecule has 0 saturated heterocycles. The first-order valence-electron chi connectivity index (χ1n) is 7.03. The molecule has 3 rings (SSSR count). The van der Waals surface area contributed by atoms with E-state index in [2.05, 4.69) is 0 Å². The van der Waals surface area contributed by atoms with Gasteiger partial charge in [0.25, 0.3) is 10.1 Å². The van der Waals surface area contributed by atoms with Gasteiger partial charge in [0.1, 0.15) is 13.2 Å². The third-order valence-electron chi connectivity index (χ3n) is 3.38. The van der Waals surface area contributed by atoms with Gasteiger partial charge in [-0.3, -0.25) is 4.18 Å². The number of ether oxygens (including phenoxy) is 2. The molecular weight excluding hydrogens is 320 g/mol. The second-order valence-electron chi connectivity index (χ2n) is 5.21. The first kappa shape index (κ1) is 15.6. The fourth-order valence-electron chi connectivity index (χ4n) is 2.15. The van der Waals surface area contributed by atoms with Crippen LogP contribution in [0, 0.1) is 6.92 Å². The Labute approximate surface area is 134 Å². The number of fused-ring (bicyclic) bond motifs is 1. The van der Waals surface area contributed by atoms with Gasteiger partial charge in [0.05, 0.1) is 4.90 Å².